The van der Waals surface area contributed by atoms with Gasteiger partial charge in [0.25, 0.3) is 10.0 Å². The van der Waals surface area contributed by atoms with Gasteiger partial charge in [0.15, 0.2) is 0 Å². The second-order valence-electron chi connectivity index (χ2n) is 8.46. The van der Waals surface area contributed by atoms with Crippen molar-refractivity contribution in [1.82, 2.24) is 10.2 Å². The van der Waals surface area contributed by atoms with Crippen LogP contribution < -0.4 is 14.4 Å². The Bertz CT molecular complexity index is 1350. The first-order valence-electron chi connectivity index (χ1n) is 11.6. The molecular formula is C27H30FN3O5S. The number of nitrogens with one attached hydrogen (secondary N) is 1. The Balaban J connectivity index is 2.02. The van der Waals surface area contributed by atoms with Crippen LogP contribution in [0.5, 0.6) is 5.75 Å². The molecule has 0 heterocycles. The molecule has 37 heavy (non-hydrogen) atoms. The van der Waals surface area contributed by atoms with Gasteiger partial charge in [0.1, 0.15) is 24.2 Å². The number of benzene rings is 3. The molecule has 0 unspecified atom stereocenters. The lowest BCUT2D eigenvalue weighted by Gasteiger charge is -2.31. The van der Waals surface area contributed by atoms with Crippen LogP contribution in [-0.4, -0.2) is 51.9 Å². The molecule has 0 aliphatic carbocycles. The van der Waals surface area contributed by atoms with E-state index in [0.29, 0.717) is 5.75 Å². The van der Waals surface area contributed by atoms with Crippen LogP contribution in [0.4, 0.5) is 10.1 Å². The maximum absolute atomic E-state index is 13.7. The molecular weight excluding hydrogens is 497 g/mol. The van der Waals surface area contributed by atoms with E-state index in [4.69, 9.17) is 4.74 Å². The van der Waals surface area contributed by atoms with Crippen molar-refractivity contribution in [3.63, 3.8) is 0 Å². The lowest BCUT2D eigenvalue weighted by atomic mass is 10.1. The third-order valence-corrected chi connectivity index (χ3v) is 7.68. The second kappa shape index (κ2) is 11.9. The van der Waals surface area contributed by atoms with Crippen molar-refractivity contribution in [2.75, 3.05) is 25.0 Å². The molecule has 1 N–H and O–H groups in total. The number of sulfonamides is 1. The highest BCUT2D eigenvalue weighted by atomic mass is 32.2. The summed E-state index contributed by atoms with van der Waals surface area (Å²) in [7, 11) is -1.32. The molecule has 0 fully saturated rings. The minimum atomic E-state index is -4.24. The first kappa shape index (κ1) is 27.7. The molecule has 0 aliphatic rings. The third kappa shape index (κ3) is 6.65. The van der Waals surface area contributed by atoms with Gasteiger partial charge in [-0.15, -0.1) is 0 Å². The van der Waals surface area contributed by atoms with Gasteiger partial charge < -0.3 is 15.0 Å². The van der Waals surface area contributed by atoms with Gasteiger partial charge in [0, 0.05) is 13.6 Å². The van der Waals surface area contributed by atoms with E-state index in [2.05, 4.69) is 5.32 Å². The molecule has 8 nitrogen and oxygen atoms in total. The van der Waals surface area contributed by atoms with Gasteiger partial charge >= 0.3 is 0 Å². The standard InChI is InChI=1S/C27H30FN3O5S/c1-19-6-5-7-21(16-19)17-30(20(2)27(33)29-3)26(32)18-31(23-10-8-22(28)9-11-23)37(34,35)25-14-12-24(36-4)13-15-25/h5-16,20H,17-18H2,1-4H3,(H,29,33)/t20-/m1/s1. The molecule has 2 amide bonds. The SMILES string of the molecule is CNC(=O)[C@@H](C)N(Cc1cccc(C)c1)C(=O)CN(c1ccc(F)cc1)S(=O)(=O)c1ccc(OC)cc1. The zero-order valence-corrected chi connectivity index (χ0v) is 22.0. The van der Waals surface area contributed by atoms with Gasteiger partial charge in [-0.2, -0.15) is 0 Å². The predicted octanol–water partition coefficient (Wildman–Crippen LogP) is 3.50. The Labute approximate surface area is 216 Å². The summed E-state index contributed by atoms with van der Waals surface area (Å²) in [4.78, 5) is 27.4. The zero-order valence-electron chi connectivity index (χ0n) is 21.1. The maximum Gasteiger partial charge on any atom is 0.264 e. The van der Waals surface area contributed by atoms with E-state index >= 15 is 0 Å². The topological polar surface area (TPSA) is 96.0 Å². The number of anilines is 1. The van der Waals surface area contributed by atoms with Crippen molar-refractivity contribution in [2.45, 2.75) is 31.3 Å². The van der Waals surface area contributed by atoms with Crippen molar-refractivity contribution in [3.8, 4) is 5.75 Å². The van der Waals surface area contributed by atoms with Gasteiger partial charge in [-0.3, -0.25) is 13.9 Å². The number of methoxy groups -OCH3 is 1. The molecule has 3 aromatic carbocycles. The highest BCUT2D eigenvalue weighted by Gasteiger charge is 2.32. The minimum absolute atomic E-state index is 0.0741. The summed E-state index contributed by atoms with van der Waals surface area (Å²) in [5, 5.41) is 2.54. The van der Waals surface area contributed by atoms with Crippen molar-refractivity contribution < 1.29 is 27.1 Å². The van der Waals surface area contributed by atoms with Gasteiger partial charge in [0.05, 0.1) is 17.7 Å². The molecule has 10 heteroatoms. The molecule has 0 aromatic heterocycles. The number of aryl methyl sites for hydroxylation is 1. The lowest BCUT2D eigenvalue weighted by Crippen LogP contribution is -2.50. The summed E-state index contributed by atoms with van der Waals surface area (Å²) in [6, 6.07) is 17.1. The first-order valence-corrected chi connectivity index (χ1v) is 13.0. The Morgan fingerprint density at radius 1 is 1.03 bits per heavy atom. The smallest absolute Gasteiger partial charge is 0.264 e. The van der Waals surface area contributed by atoms with Crippen molar-refractivity contribution >= 4 is 27.5 Å². The molecule has 0 aliphatic heterocycles. The molecule has 0 saturated carbocycles. The van der Waals surface area contributed by atoms with Gasteiger partial charge in [0.2, 0.25) is 11.8 Å². The number of likely N-dealkylation sites (N-methyl/N-ethyl adjacent to an activating group) is 1. The Morgan fingerprint density at radius 2 is 1.68 bits per heavy atom. The van der Waals surface area contributed by atoms with Crippen LogP contribution in [0.3, 0.4) is 0 Å². The number of carbonyl (C=O) groups is 2. The van der Waals surface area contributed by atoms with Crippen LogP contribution >= 0.6 is 0 Å². The van der Waals surface area contributed by atoms with E-state index in [0.717, 1.165) is 27.6 Å². The Kier molecular flexibility index (Phi) is 8.88. The highest BCUT2D eigenvalue weighted by molar-refractivity contribution is 7.92. The number of halogens is 1. The molecule has 0 bridgehead atoms. The number of hydrogen-bond donors (Lipinski definition) is 1. The van der Waals surface area contributed by atoms with E-state index in [9.17, 15) is 22.4 Å². The van der Waals surface area contributed by atoms with E-state index in [1.54, 1.807) is 6.92 Å². The number of nitrogens with zero attached hydrogens (tertiary/aromatic N) is 2. The van der Waals surface area contributed by atoms with Gasteiger partial charge in [-0.1, -0.05) is 29.8 Å². The summed E-state index contributed by atoms with van der Waals surface area (Å²) in [5.74, 6) is -1.08. The van der Waals surface area contributed by atoms with Crippen LogP contribution in [0.1, 0.15) is 18.1 Å². The number of carbonyl (C=O) groups excluding carboxylic acids is 2. The number of ether oxygens (including phenoxy) is 1. The van der Waals surface area contributed by atoms with Crippen LogP contribution in [-0.2, 0) is 26.2 Å². The van der Waals surface area contributed by atoms with E-state index in [1.807, 2.05) is 31.2 Å². The average molecular weight is 528 g/mol. The van der Waals surface area contributed by atoms with E-state index in [1.165, 1.54) is 55.5 Å². The third-order valence-electron chi connectivity index (χ3n) is 5.89. The van der Waals surface area contributed by atoms with E-state index in [-0.39, 0.29) is 17.1 Å². The fourth-order valence-electron chi connectivity index (χ4n) is 3.81. The average Bonchev–Trinajstić information content (AvgIpc) is 2.90. The lowest BCUT2D eigenvalue weighted by molar-refractivity contribution is -0.139. The first-order chi connectivity index (χ1) is 17.6. The summed E-state index contributed by atoms with van der Waals surface area (Å²) >= 11 is 0. The van der Waals surface area contributed by atoms with Crippen molar-refractivity contribution in [2.24, 2.45) is 0 Å². The van der Waals surface area contributed by atoms with Crippen LogP contribution in [0.15, 0.2) is 77.7 Å². The Morgan fingerprint density at radius 3 is 2.24 bits per heavy atom. The summed E-state index contributed by atoms with van der Waals surface area (Å²) in [6.45, 7) is 2.98. The zero-order chi connectivity index (χ0) is 27.2. The second-order valence-corrected chi connectivity index (χ2v) is 10.3. The van der Waals surface area contributed by atoms with Crippen LogP contribution in [0.2, 0.25) is 0 Å². The monoisotopic (exact) mass is 527 g/mol. The predicted molar refractivity (Wildman–Crippen MR) is 139 cm³/mol. The fraction of sp³-hybridized carbons (Fsp3) is 0.259. The molecule has 196 valence electrons. The number of amides is 2. The molecule has 0 radical (unpaired) electrons. The maximum atomic E-state index is 13.7. The molecule has 0 saturated heterocycles. The normalized spacial score (nSPS) is 11.9. The van der Waals surface area contributed by atoms with Crippen LogP contribution in [0.25, 0.3) is 0 Å². The largest absolute Gasteiger partial charge is 0.497 e. The molecule has 3 aromatic rings. The summed E-state index contributed by atoms with van der Waals surface area (Å²) in [5.41, 5.74) is 1.87. The fourth-order valence-corrected chi connectivity index (χ4v) is 5.22. The molecule has 0 spiro atoms. The number of hydrogen-bond acceptors (Lipinski definition) is 5. The minimum Gasteiger partial charge on any atom is -0.497 e. The Hall–Kier alpha value is -3.92. The molecule has 1 atom stereocenters. The highest BCUT2D eigenvalue weighted by Crippen LogP contribution is 2.26. The van der Waals surface area contributed by atoms with E-state index < -0.39 is 40.2 Å². The van der Waals surface area contributed by atoms with Gasteiger partial charge in [-0.05, 0) is 67.9 Å². The summed E-state index contributed by atoms with van der Waals surface area (Å²) < 4.78 is 47.0. The van der Waals surface area contributed by atoms with Crippen molar-refractivity contribution in [1.29, 1.82) is 0 Å². The quantitative estimate of drug-likeness (QED) is 0.436. The summed E-state index contributed by atoms with van der Waals surface area (Å²) in [6.07, 6.45) is 0. The molecule has 3 rings (SSSR count). The van der Waals surface area contributed by atoms with Crippen LogP contribution in [0, 0.1) is 12.7 Å². The van der Waals surface area contributed by atoms with Crippen molar-refractivity contribution in [3.05, 3.63) is 89.7 Å². The van der Waals surface area contributed by atoms with Gasteiger partial charge in [-0.25, -0.2) is 12.8 Å². The number of rotatable bonds is 10.